The summed E-state index contributed by atoms with van der Waals surface area (Å²) in [7, 11) is -3.40. The van der Waals surface area contributed by atoms with Gasteiger partial charge in [0.15, 0.2) is 0 Å². The van der Waals surface area contributed by atoms with Crippen molar-refractivity contribution in [1.82, 2.24) is 0 Å². The van der Waals surface area contributed by atoms with Crippen molar-refractivity contribution in [3.8, 4) is 0 Å². The van der Waals surface area contributed by atoms with E-state index in [1.165, 1.54) is 0 Å². The molecule has 2 N–H and O–H groups in total. The third-order valence-electron chi connectivity index (χ3n) is 2.17. The van der Waals surface area contributed by atoms with Crippen molar-refractivity contribution in [2.75, 3.05) is 0 Å². The van der Waals surface area contributed by atoms with Crippen LogP contribution in [0.4, 0.5) is 0 Å². The van der Waals surface area contributed by atoms with Gasteiger partial charge in [0.25, 0.3) is 0 Å². The van der Waals surface area contributed by atoms with Crippen molar-refractivity contribution in [2.24, 2.45) is 11.1 Å². The Morgan fingerprint density at radius 1 is 1.54 bits per heavy atom. The van der Waals surface area contributed by atoms with Crippen LogP contribution in [0.2, 0.25) is 0 Å². The smallest absolute Gasteiger partial charge is 0.212 e. The number of hydrogen-bond donors (Lipinski definition) is 1. The fourth-order valence-electron chi connectivity index (χ4n) is 1.47. The van der Waals surface area contributed by atoms with Gasteiger partial charge in [-0.05, 0) is 18.8 Å². The average Bonchev–Trinajstić information content (AvgIpc) is 1.98. The Morgan fingerprint density at radius 2 is 2.08 bits per heavy atom. The van der Waals surface area contributed by atoms with Crippen molar-refractivity contribution >= 4 is 10.0 Å². The maximum absolute atomic E-state index is 11.2. The summed E-state index contributed by atoms with van der Waals surface area (Å²) in [5, 5.41) is 4.71. The second kappa shape index (κ2) is 5.40. The molecule has 3 nitrogen and oxygen atoms in total. The van der Waals surface area contributed by atoms with Gasteiger partial charge in [0.2, 0.25) is 10.0 Å². The SMILES string of the molecule is C=CC[C@@H](C)C(CCC)S(N)(=O)=O. The Kier molecular flexibility index (Phi) is 5.25. The van der Waals surface area contributed by atoms with Crippen molar-refractivity contribution in [1.29, 1.82) is 0 Å². The first-order chi connectivity index (χ1) is 5.93. The third-order valence-corrected chi connectivity index (χ3v) is 3.71. The van der Waals surface area contributed by atoms with E-state index in [0.29, 0.717) is 12.8 Å². The summed E-state index contributed by atoms with van der Waals surface area (Å²) in [6, 6.07) is 0. The molecule has 0 saturated heterocycles. The molecule has 4 heteroatoms. The van der Waals surface area contributed by atoms with E-state index >= 15 is 0 Å². The zero-order chi connectivity index (χ0) is 10.5. The largest absolute Gasteiger partial charge is 0.228 e. The van der Waals surface area contributed by atoms with Crippen LogP contribution in [0.1, 0.15) is 33.1 Å². The van der Waals surface area contributed by atoms with Crippen molar-refractivity contribution in [3.63, 3.8) is 0 Å². The van der Waals surface area contributed by atoms with Crippen LogP contribution in [-0.4, -0.2) is 13.7 Å². The van der Waals surface area contributed by atoms with E-state index in [4.69, 9.17) is 5.14 Å². The number of nitrogens with two attached hydrogens (primary N) is 1. The van der Waals surface area contributed by atoms with Gasteiger partial charge in [-0.1, -0.05) is 26.3 Å². The first-order valence-corrected chi connectivity index (χ1v) is 6.16. The van der Waals surface area contributed by atoms with Gasteiger partial charge in [0.1, 0.15) is 0 Å². The van der Waals surface area contributed by atoms with Gasteiger partial charge in [0.05, 0.1) is 5.25 Å². The first kappa shape index (κ1) is 12.7. The van der Waals surface area contributed by atoms with E-state index in [9.17, 15) is 8.42 Å². The van der Waals surface area contributed by atoms with E-state index in [0.717, 1.165) is 6.42 Å². The molecular weight excluding hydrogens is 186 g/mol. The minimum absolute atomic E-state index is 0.0625. The van der Waals surface area contributed by atoms with Crippen LogP contribution in [0, 0.1) is 5.92 Å². The van der Waals surface area contributed by atoms with Crippen molar-refractivity contribution in [3.05, 3.63) is 12.7 Å². The number of rotatable bonds is 6. The lowest BCUT2D eigenvalue weighted by atomic mass is 10.0. The normalized spacial score (nSPS) is 16.5. The quantitative estimate of drug-likeness (QED) is 0.670. The molecule has 0 aliphatic carbocycles. The topological polar surface area (TPSA) is 60.2 Å². The Labute approximate surface area is 81.1 Å². The van der Waals surface area contributed by atoms with Crippen LogP contribution < -0.4 is 5.14 Å². The van der Waals surface area contributed by atoms with Gasteiger partial charge in [-0.3, -0.25) is 0 Å². The van der Waals surface area contributed by atoms with Crippen LogP contribution in [0.15, 0.2) is 12.7 Å². The summed E-state index contributed by atoms with van der Waals surface area (Å²) < 4.78 is 22.4. The summed E-state index contributed by atoms with van der Waals surface area (Å²) in [4.78, 5) is 0. The van der Waals surface area contributed by atoms with Gasteiger partial charge in [-0.2, -0.15) is 0 Å². The highest BCUT2D eigenvalue weighted by Gasteiger charge is 2.25. The molecule has 0 aromatic rings. The summed E-state index contributed by atoms with van der Waals surface area (Å²) in [5.41, 5.74) is 0. The molecule has 2 atom stereocenters. The second-order valence-electron chi connectivity index (χ2n) is 3.42. The van der Waals surface area contributed by atoms with E-state index in [-0.39, 0.29) is 5.92 Å². The minimum atomic E-state index is -3.40. The number of sulfonamides is 1. The fourth-order valence-corrected chi connectivity index (χ4v) is 2.79. The Hall–Kier alpha value is -0.350. The summed E-state index contributed by atoms with van der Waals surface area (Å²) in [6.07, 6.45) is 3.90. The van der Waals surface area contributed by atoms with Gasteiger partial charge < -0.3 is 0 Å². The summed E-state index contributed by atoms with van der Waals surface area (Å²) in [5.74, 6) is 0.0625. The lowest BCUT2D eigenvalue weighted by molar-refractivity contribution is 0.485. The molecule has 1 unspecified atom stereocenters. The molecule has 0 saturated carbocycles. The van der Waals surface area contributed by atoms with E-state index in [1.54, 1.807) is 6.08 Å². The second-order valence-corrected chi connectivity index (χ2v) is 5.20. The molecule has 0 bridgehead atoms. The average molecular weight is 205 g/mol. The molecule has 0 aliphatic heterocycles. The molecule has 0 aromatic heterocycles. The zero-order valence-electron chi connectivity index (χ0n) is 8.36. The lowest BCUT2D eigenvalue weighted by Gasteiger charge is -2.19. The van der Waals surface area contributed by atoms with Crippen LogP contribution in [-0.2, 0) is 10.0 Å². The highest BCUT2D eigenvalue weighted by molar-refractivity contribution is 7.89. The van der Waals surface area contributed by atoms with Crippen LogP contribution in [0.3, 0.4) is 0 Å². The molecule has 78 valence electrons. The number of allylic oxidation sites excluding steroid dienone is 1. The molecule has 0 fully saturated rings. The standard InChI is InChI=1S/C9H19NO2S/c1-4-6-8(3)9(7-5-2)13(10,11)12/h4,8-9H,1,5-7H2,2-3H3,(H2,10,11,12)/t8-,9?/m1/s1. The Bertz CT molecular complexity index is 246. The van der Waals surface area contributed by atoms with Gasteiger partial charge >= 0.3 is 0 Å². The highest BCUT2D eigenvalue weighted by Crippen LogP contribution is 2.19. The van der Waals surface area contributed by atoms with Gasteiger partial charge in [-0.15, -0.1) is 6.58 Å². The molecule has 0 radical (unpaired) electrons. The van der Waals surface area contributed by atoms with Crippen LogP contribution in [0.25, 0.3) is 0 Å². The first-order valence-electron chi connectivity index (χ1n) is 4.56. The molecule has 0 spiro atoms. The molecule has 0 heterocycles. The molecule has 13 heavy (non-hydrogen) atoms. The van der Waals surface area contributed by atoms with Crippen LogP contribution >= 0.6 is 0 Å². The van der Waals surface area contributed by atoms with E-state index in [2.05, 4.69) is 6.58 Å². The molecule has 0 amide bonds. The minimum Gasteiger partial charge on any atom is -0.228 e. The van der Waals surface area contributed by atoms with E-state index in [1.807, 2.05) is 13.8 Å². The van der Waals surface area contributed by atoms with Crippen LogP contribution in [0.5, 0.6) is 0 Å². The maximum Gasteiger partial charge on any atom is 0.212 e. The van der Waals surface area contributed by atoms with Crippen molar-refractivity contribution < 1.29 is 8.42 Å². The van der Waals surface area contributed by atoms with Crippen molar-refractivity contribution in [2.45, 2.75) is 38.4 Å². The Morgan fingerprint density at radius 3 is 2.38 bits per heavy atom. The summed E-state index contributed by atoms with van der Waals surface area (Å²) >= 11 is 0. The third kappa shape index (κ3) is 4.43. The summed E-state index contributed by atoms with van der Waals surface area (Å²) in [6.45, 7) is 7.44. The molecule has 0 rings (SSSR count). The van der Waals surface area contributed by atoms with Gasteiger partial charge in [0, 0.05) is 0 Å². The predicted octanol–water partition coefficient (Wildman–Crippen LogP) is 1.66. The highest BCUT2D eigenvalue weighted by atomic mass is 32.2. The number of hydrogen-bond acceptors (Lipinski definition) is 2. The fraction of sp³-hybridized carbons (Fsp3) is 0.778. The lowest BCUT2D eigenvalue weighted by Crippen LogP contribution is -2.33. The molecule has 0 aromatic carbocycles. The van der Waals surface area contributed by atoms with E-state index < -0.39 is 15.3 Å². The predicted molar refractivity (Wildman–Crippen MR) is 55.8 cm³/mol. The molecule has 0 aliphatic rings. The Balaban J connectivity index is 4.50. The molecular formula is C9H19NO2S. The number of primary sulfonamides is 1. The van der Waals surface area contributed by atoms with Gasteiger partial charge in [-0.25, -0.2) is 13.6 Å². The zero-order valence-corrected chi connectivity index (χ0v) is 9.18. The monoisotopic (exact) mass is 205 g/mol. The maximum atomic E-state index is 11.2.